The molecule has 21 heavy (non-hydrogen) atoms. The van der Waals surface area contributed by atoms with Crippen molar-refractivity contribution in [2.24, 2.45) is 22.2 Å². The lowest BCUT2D eigenvalue weighted by atomic mass is 9.39. The van der Waals surface area contributed by atoms with E-state index in [1.54, 1.807) is 0 Å². The standard InChI is InChI=1S/C19H26O2/c1-12-5-15(13(2)21-12)16(20)19-8-14-6-17(3,10-19)9-18(4,7-14)11-19/h5,14H,6-11H2,1-4H3. The van der Waals surface area contributed by atoms with E-state index in [1.165, 1.54) is 19.3 Å². The second kappa shape index (κ2) is 3.83. The number of furan rings is 1. The average molecular weight is 286 g/mol. The first-order valence-corrected chi connectivity index (χ1v) is 8.35. The molecule has 2 unspecified atom stereocenters. The van der Waals surface area contributed by atoms with Crippen molar-refractivity contribution in [1.82, 2.24) is 0 Å². The van der Waals surface area contributed by atoms with E-state index >= 15 is 0 Å². The SMILES string of the molecule is Cc1cc(C(=O)C23CC4CC(C)(CC(C)(C4)C2)C3)c(C)o1. The van der Waals surface area contributed by atoms with Gasteiger partial charge in [-0.1, -0.05) is 13.8 Å². The van der Waals surface area contributed by atoms with Crippen LogP contribution in [0.1, 0.15) is 74.3 Å². The Hall–Kier alpha value is -1.05. The fraction of sp³-hybridized carbons (Fsp3) is 0.737. The Morgan fingerprint density at radius 3 is 2.19 bits per heavy atom. The van der Waals surface area contributed by atoms with E-state index in [9.17, 15) is 4.79 Å². The second-order valence-electron chi connectivity index (χ2n) is 9.07. The summed E-state index contributed by atoms with van der Waals surface area (Å²) >= 11 is 0. The molecule has 4 saturated carbocycles. The van der Waals surface area contributed by atoms with Crippen molar-refractivity contribution < 1.29 is 9.21 Å². The zero-order valence-corrected chi connectivity index (χ0v) is 13.7. The summed E-state index contributed by atoms with van der Waals surface area (Å²) < 4.78 is 5.63. The smallest absolute Gasteiger partial charge is 0.172 e. The lowest BCUT2D eigenvalue weighted by Crippen LogP contribution is -2.57. The molecule has 0 N–H and O–H groups in total. The summed E-state index contributed by atoms with van der Waals surface area (Å²) in [6, 6.07) is 1.96. The van der Waals surface area contributed by atoms with E-state index < -0.39 is 0 Å². The number of hydrogen-bond donors (Lipinski definition) is 0. The second-order valence-corrected chi connectivity index (χ2v) is 9.07. The third-order valence-electron chi connectivity index (χ3n) is 6.39. The molecule has 1 heterocycles. The van der Waals surface area contributed by atoms with Crippen LogP contribution >= 0.6 is 0 Å². The highest BCUT2D eigenvalue weighted by atomic mass is 16.3. The van der Waals surface area contributed by atoms with Crippen molar-refractivity contribution in [2.75, 3.05) is 0 Å². The lowest BCUT2D eigenvalue weighted by Gasteiger charge is -2.64. The van der Waals surface area contributed by atoms with Crippen molar-refractivity contribution in [2.45, 2.75) is 66.2 Å². The van der Waals surface area contributed by atoms with E-state index in [0.717, 1.165) is 42.3 Å². The zero-order chi connectivity index (χ0) is 15.0. The van der Waals surface area contributed by atoms with Gasteiger partial charge < -0.3 is 4.42 Å². The van der Waals surface area contributed by atoms with Gasteiger partial charge in [0.1, 0.15) is 11.5 Å². The molecule has 0 radical (unpaired) electrons. The molecule has 5 rings (SSSR count). The molecule has 0 amide bonds. The van der Waals surface area contributed by atoms with Crippen LogP contribution in [0.3, 0.4) is 0 Å². The Kier molecular flexibility index (Phi) is 2.48. The molecule has 114 valence electrons. The van der Waals surface area contributed by atoms with Gasteiger partial charge in [0, 0.05) is 5.41 Å². The van der Waals surface area contributed by atoms with Gasteiger partial charge in [0.05, 0.1) is 5.56 Å². The van der Waals surface area contributed by atoms with E-state index in [1.807, 2.05) is 19.9 Å². The van der Waals surface area contributed by atoms with Gasteiger partial charge in [0.15, 0.2) is 5.78 Å². The zero-order valence-electron chi connectivity index (χ0n) is 13.7. The molecule has 2 heteroatoms. The van der Waals surface area contributed by atoms with Crippen molar-refractivity contribution in [1.29, 1.82) is 0 Å². The molecule has 1 aromatic heterocycles. The maximum Gasteiger partial charge on any atom is 0.172 e. The van der Waals surface area contributed by atoms with Crippen LogP contribution in [0.2, 0.25) is 0 Å². The summed E-state index contributed by atoms with van der Waals surface area (Å²) in [5, 5.41) is 0. The van der Waals surface area contributed by atoms with Gasteiger partial charge in [-0.3, -0.25) is 4.79 Å². The number of ketones is 1. The Bertz CT molecular complexity index is 606. The van der Waals surface area contributed by atoms with Gasteiger partial charge in [-0.25, -0.2) is 0 Å². The summed E-state index contributed by atoms with van der Waals surface area (Å²) in [6.07, 6.45) is 7.28. The third-order valence-corrected chi connectivity index (χ3v) is 6.39. The normalized spacial score (nSPS) is 44.3. The molecule has 2 atom stereocenters. The van der Waals surface area contributed by atoms with Crippen molar-refractivity contribution in [3.05, 3.63) is 23.2 Å². The largest absolute Gasteiger partial charge is 0.466 e. The van der Waals surface area contributed by atoms with Crippen LogP contribution in [-0.2, 0) is 0 Å². The van der Waals surface area contributed by atoms with E-state index in [-0.39, 0.29) is 5.41 Å². The first-order valence-electron chi connectivity index (χ1n) is 8.35. The number of hydrogen-bond acceptors (Lipinski definition) is 2. The van der Waals surface area contributed by atoms with Gasteiger partial charge in [-0.2, -0.15) is 0 Å². The van der Waals surface area contributed by atoms with Gasteiger partial charge in [-0.05, 0) is 75.2 Å². The highest BCUT2D eigenvalue weighted by molar-refractivity contribution is 6.01. The molecule has 0 aliphatic heterocycles. The van der Waals surface area contributed by atoms with E-state index in [4.69, 9.17) is 4.42 Å². The van der Waals surface area contributed by atoms with E-state index in [2.05, 4.69) is 13.8 Å². The highest BCUT2D eigenvalue weighted by Gasteiger charge is 2.62. The van der Waals surface area contributed by atoms with Crippen LogP contribution in [0.15, 0.2) is 10.5 Å². The number of Topliss-reactive ketones (excluding diaryl/α,β-unsaturated/α-hetero) is 1. The minimum atomic E-state index is -0.107. The summed E-state index contributed by atoms with van der Waals surface area (Å²) in [5.74, 6) is 2.80. The molecule has 4 bridgehead atoms. The Labute approximate surface area is 127 Å². The summed E-state index contributed by atoms with van der Waals surface area (Å²) in [6.45, 7) is 8.72. The molecule has 1 aromatic rings. The Morgan fingerprint density at radius 2 is 1.71 bits per heavy atom. The maximum atomic E-state index is 13.4. The van der Waals surface area contributed by atoms with Crippen LogP contribution in [0.4, 0.5) is 0 Å². The topological polar surface area (TPSA) is 30.2 Å². The molecular weight excluding hydrogens is 260 g/mol. The number of carbonyl (C=O) groups is 1. The molecule has 2 nitrogen and oxygen atoms in total. The monoisotopic (exact) mass is 286 g/mol. The average Bonchev–Trinajstić information content (AvgIpc) is 2.62. The first-order chi connectivity index (χ1) is 9.73. The number of rotatable bonds is 2. The van der Waals surface area contributed by atoms with Crippen LogP contribution in [-0.4, -0.2) is 5.78 Å². The molecule has 4 aliphatic rings. The van der Waals surface area contributed by atoms with Gasteiger partial charge in [-0.15, -0.1) is 0 Å². The summed E-state index contributed by atoms with van der Waals surface area (Å²) in [5.41, 5.74) is 1.51. The fourth-order valence-electron chi connectivity index (χ4n) is 6.84. The Balaban J connectivity index is 1.77. The lowest BCUT2D eigenvalue weighted by molar-refractivity contribution is -0.125. The number of aryl methyl sites for hydroxylation is 2. The molecule has 4 aliphatic carbocycles. The number of carbonyl (C=O) groups excluding carboxylic acids is 1. The Morgan fingerprint density at radius 1 is 1.10 bits per heavy atom. The molecule has 0 saturated heterocycles. The quantitative estimate of drug-likeness (QED) is 0.710. The maximum absolute atomic E-state index is 13.4. The predicted molar refractivity (Wildman–Crippen MR) is 82.4 cm³/mol. The van der Waals surface area contributed by atoms with Crippen LogP contribution < -0.4 is 0 Å². The molecule has 0 spiro atoms. The fourth-order valence-corrected chi connectivity index (χ4v) is 6.84. The van der Waals surface area contributed by atoms with Gasteiger partial charge in [0.25, 0.3) is 0 Å². The van der Waals surface area contributed by atoms with E-state index in [0.29, 0.717) is 16.6 Å². The van der Waals surface area contributed by atoms with Crippen LogP contribution in [0.5, 0.6) is 0 Å². The van der Waals surface area contributed by atoms with Crippen molar-refractivity contribution >= 4 is 5.78 Å². The molecular formula is C19H26O2. The molecule has 0 aromatic carbocycles. The molecule has 4 fully saturated rings. The van der Waals surface area contributed by atoms with Gasteiger partial charge >= 0.3 is 0 Å². The summed E-state index contributed by atoms with van der Waals surface area (Å²) in [7, 11) is 0. The summed E-state index contributed by atoms with van der Waals surface area (Å²) in [4.78, 5) is 13.4. The third kappa shape index (κ3) is 1.87. The van der Waals surface area contributed by atoms with Crippen molar-refractivity contribution in [3.63, 3.8) is 0 Å². The van der Waals surface area contributed by atoms with Crippen LogP contribution in [0, 0.1) is 36.0 Å². The first kappa shape index (κ1) is 13.6. The minimum Gasteiger partial charge on any atom is -0.466 e. The predicted octanol–water partition coefficient (Wildman–Crippen LogP) is 5.08. The van der Waals surface area contributed by atoms with Gasteiger partial charge in [0.2, 0.25) is 0 Å². The highest BCUT2D eigenvalue weighted by Crippen LogP contribution is 2.70. The minimum absolute atomic E-state index is 0.107. The van der Waals surface area contributed by atoms with Crippen LogP contribution in [0.25, 0.3) is 0 Å². The van der Waals surface area contributed by atoms with Crippen molar-refractivity contribution in [3.8, 4) is 0 Å².